The van der Waals surface area contributed by atoms with Crippen molar-refractivity contribution in [3.63, 3.8) is 0 Å². The molecule has 1 aromatic carbocycles. The number of halogens is 3. The van der Waals surface area contributed by atoms with E-state index in [2.05, 4.69) is 15.5 Å². The average molecular weight is 257 g/mol. The van der Waals surface area contributed by atoms with Crippen LogP contribution < -0.4 is 5.32 Å². The maximum atomic E-state index is 13.0. The van der Waals surface area contributed by atoms with Crippen molar-refractivity contribution in [2.24, 2.45) is 0 Å². The molecule has 0 unspecified atom stereocenters. The minimum absolute atomic E-state index is 0.0268. The van der Waals surface area contributed by atoms with Gasteiger partial charge in [-0.1, -0.05) is 5.16 Å². The van der Waals surface area contributed by atoms with E-state index in [1.54, 1.807) is 7.05 Å². The van der Waals surface area contributed by atoms with Gasteiger partial charge in [-0.2, -0.15) is 4.98 Å². The number of rotatable bonds is 4. The second kappa shape index (κ2) is 5.18. The van der Waals surface area contributed by atoms with Crippen molar-refractivity contribution < 1.29 is 17.7 Å². The molecule has 1 heterocycles. The van der Waals surface area contributed by atoms with Crippen LogP contribution in [0.1, 0.15) is 5.89 Å². The Labute approximate surface area is 101 Å². The van der Waals surface area contributed by atoms with Gasteiger partial charge in [0.1, 0.15) is 0 Å². The van der Waals surface area contributed by atoms with E-state index in [-0.39, 0.29) is 11.4 Å². The van der Waals surface area contributed by atoms with Gasteiger partial charge >= 0.3 is 0 Å². The number of nitrogens with one attached hydrogen (secondary N) is 1. The van der Waals surface area contributed by atoms with Crippen LogP contribution in [0.4, 0.5) is 13.2 Å². The fraction of sp³-hybridized carbons (Fsp3) is 0.273. The molecule has 0 amide bonds. The maximum Gasteiger partial charge on any atom is 0.228 e. The summed E-state index contributed by atoms with van der Waals surface area (Å²) in [7, 11) is 1.77. The first kappa shape index (κ1) is 12.6. The highest BCUT2D eigenvalue weighted by Crippen LogP contribution is 2.21. The molecule has 96 valence electrons. The minimum Gasteiger partial charge on any atom is -0.339 e. The van der Waals surface area contributed by atoms with Gasteiger partial charge in [-0.25, -0.2) is 13.2 Å². The Morgan fingerprint density at radius 1 is 1.22 bits per heavy atom. The van der Waals surface area contributed by atoms with Crippen LogP contribution in [0.5, 0.6) is 0 Å². The molecule has 1 aromatic heterocycles. The minimum atomic E-state index is -1.52. The van der Waals surface area contributed by atoms with Gasteiger partial charge in [-0.05, 0) is 19.2 Å². The molecule has 0 aliphatic rings. The van der Waals surface area contributed by atoms with E-state index in [4.69, 9.17) is 4.52 Å². The SMILES string of the molecule is CNCCc1nc(-c2cc(F)c(F)c(F)c2)no1. The molecule has 0 radical (unpaired) electrons. The second-order valence-corrected chi connectivity index (χ2v) is 3.62. The molecule has 0 bridgehead atoms. The summed E-state index contributed by atoms with van der Waals surface area (Å²) in [6, 6.07) is 1.65. The summed E-state index contributed by atoms with van der Waals surface area (Å²) in [4.78, 5) is 3.96. The third-order valence-electron chi connectivity index (χ3n) is 2.30. The van der Waals surface area contributed by atoms with Crippen molar-refractivity contribution >= 4 is 0 Å². The van der Waals surface area contributed by atoms with E-state index in [9.17, 15) is 13.2 Å². The topological polar surface area (TPSA) is 51.0 Å². The quantitative estimate of drug-likeness (QED) is 0.850. The molecule has 0 saturated carbocycles. The van der Waals surface area contributed by atoms with Crippen LogP contribution in [0.3, 0.4) is 0 Å². The van der Waals surface area contributed by atoms with E-state index in [0.29, 0.717) is 18.9 Å². The fourth-order valence-corrected chi connectivity index (χ4v) is 1.39. The monoisotopic (exact) mass is 257 g/mol. The first-order valence-corrected chi connectivity index (χ1v) is 5.24. The molecule has 2 rings (SSSR count). The predicted octanol–water partition coefficient (Wildman–Crippen LogP) is 1.92. The van der Waals surface area contributed by atoms with Crippen LogP contribution in [-0.2, 0) is 6.42 Å². The van der Waals surface area contributed by atoms with Gasteiger partial charge in [-0.15, -0.1) is 0 Å². The number of aromatic nitrogens is 2. The summed E-state index contributed by atoms with van der Waals surface area (Å²) in [5, 5.41) is 6.48. The lowest BCUT2D eigenvalue weighted by atomic mass is 10.2. The number of benzene rings is 1. The van der Waals surface area contributed by atoms with Gasteiger partial charge in [0.05, 0.1) is 0 Å². The lowest BCUT2D eigenvalue weighted by Gasteiger charge is -1.98. The summed E-state index contributed by atoms with van der Waals surface area (Å²) in [6.45, 7) is 0.633. The standard InChI is InChI=1S/C11H10F3N3O/c1-15-3-2-9-16-11(17-18-9)6-4-7(12)10(14)8(13)5-6/h4-5,15H,2-3H2,1H3. The third kappa shape index (κ3) is 2.51. The molecule has 1 N–H and O–H groups in total. The fourth-order valence-electron chi connectivity index (χ4n) is 1.39. The van der Waals surface area contributed by atoms with Gasteiger partial charge < -0.3 is 9.84 Å². The molecule has 0 aliphatic heterocycles. The normalized spacial score (nSPS) is 10.9. The molecule has 0 spiro atoms. The highest BCUT2D eigenvalue weighted by Gasteiger charge is 2.15. The van der Waals surface area contributed by atoms with Gasteiger partial charge in [0, 0.05) is 18.5 Å². The van der Waals surface area contributed by atoms with Gasteiger partial charge in [0.2, 0.25) is 11.7 Å². The number of hydrogen-bond donors (Lipinski definition) is 1. The summed E-state index contributed by atoms with van der Waals surface area (Å²) < 4.78 is 43.7. The molecule has 4 nitrogen and oxygen atoms in total. The molecule has 18 heavy (non-hydrogen) atoms. The van der Waals surface area contributed by atoms with Gasteiger partial charge in [0.15, 0.2) is 17.5 Å². The zero-order valence-corrected chi connectivity index (χ0v) is 9.51. The lowest BCUT2D eigenvalue weighted by molar-refractivity contribution is 0.377. The number of likely N-dealkylation sites (N-methyl/N-ethyl adjacent to an activating group) is 1. The van der Waals surface area contributed by atoms with E-state index in [1.807, 2.05) is 0 Å². The first-order chi connectivity index (χ1) is 8.61. The molecular formula is C11H10F3N3O. The molecule has 0 atom stereocenters. The highest BCUT2D eigenvalue weighted by atomic mass is 19.2. The van der Waals surface area contributed by atoms with Crippen LogP contribution in [0.15, 0.2) is 16.7 Å². The smallest absolute Gasteiger partial charge is 0.228 e. The van der Waals surface area contributed by atoms with Crippen LogP contribution in [-0.4, -0.2) is 23.7 Å². The Kier molecular flexibility index (Phi) is 3.61. The van der Waals surface area contributed by atoms with Crippen LogP contribution in [0.2, 0.25) is 0 Å². The van der Waals surface area contributed by atoms with Gasteiger partial charge in [0.25, 0.3) is 0 Å². The highest BCUT2D eigenvalue weighted by molar-refractivity contribution is 5.54. The van der Waals surface area contributed by atoms with Crippen molar-refractivity contribution in [1.82, 2.24) is 15.5 Å². The van der Waals surface area contributed by atoms with E-state index in [1.165, 1.54) is 0 Å². The summed E-state index contributed by atoms with van der Waals surface area (Å²) >= 11 is 0. The van der Waals surface area contributed by atoms with Crippen molar-refractivity contribution in [2.45, 2.75) is 6.42 Å². The van der Waals surface area contributed by atoms with Gasteiger partial charge in [-0.3, -0.25) is 0 Å². The maximum absolute atomic E-state index is 13.0. The van der Waals surface area contributed by atoms with E-state index >= 15 is 0 Å². The molecule has 2 aromatic rings. The Balaban J connectivity index is 2.28. The largest absolute Gasteiger partial charge is 0.339 e. The van der Waals surface area contributed by atoms with Crippen molar-refractivity contribution in [3.05, 3.63) is 35.5 Å². The van der Waals surface area contributed by atoms with Crippen molar-refractivity contribution in [2.75, 3.05) is 13.6 Å². The number of hydrogen-bond acceptors (Lipinski definition) is 4. The lowest BCUT2D eigenvalue weighted by Crippen LogP contribution is -2.10. The molecule has 0 aliphatic carbocycles. The first-order valence-electron chi connectivity index (χ1n) is 5.24. The molecule has 0 fully saturated rings. The van der Waals surface area contributed by atoms with Crippen molar-refractivity contribution in [1.29, 1.82) is 0 Å². The summed E-state index contributed by atoms with van der Waals surface area (Å²) in [5.41, 5.74) is 0.0332. The van der Waals surface area contributed by atoms with E-state index in [0.717, 1.165) is 12.1 Å². The summed E-state index contributed by atoms with van der Waals surface area (Å²) in [6.07, 6.45) is 0.496. The average Bonchev–Trinajstić information content (AvgIpc) is 2.81. The van der Waals surface area contributed by atoms with Crippen molar-refractivity contribution in [3.8, 4) is 11.4 Å². The number of nitrogens with zero attached hydrogens (tertiary/aromatic N) is 2. The molecule has 7 heteroatoms. The van der Waals surface area contributed by atoms with Crippen LogP contribution in [0.25, 0.3) is 11.4 Å². The molecular weight excluding hydrogens is 247 g/mol. The van der Waals surface area contributed by atoms with Crippen LogP contribution in [0, 0.1) is 17.5 Å². The van der Waals surface area contributed by atoms with Crippen LogP contribution >= 0.6 is 0 Å². The Morgan fingerprint density at radius 2 is 1.89 bits per heavy atom. The predicted molar refractivity (Wildman–Crippen MR) is 57.2 cm³/mol. The molecule has 0 saturated heterocycles. The summed E-state index contributed by atoms with van der Waals surface area (Å²) in [5.74, 6) is -3.72. The zero-order valence-electron chi connectivity index (χ0n) is 9.51. The third-order valence-corrected chi connectivity index (χ3v) is 2.30. The Bertz CT molecular complexity index is 533. The van der Waals surface area contributed by atoms with E-state index < -0.39 is 17.5 Å². The zero-order chi connectivity index (χ0) is 13.1. The second-order valence-electron chi connectivity index (χ2n) is 3.62. The Morgan fingerprint density at radius 3 is 2.50 bits per heavy atom. The Hall–Kier alpha value is -1.89.